The molecule has 0 unspecified atom stereocenters. The zero-order valence-electron chi connectivity index (χ0n) is 32.0. The Bertz CT molecular complexity index is 3250. The second-order valence-electron chi connectivity index (χ2n) is 16.0. The molecule has 10 aromatic carbocycles. The zero-order valence-corrected chi connectivity index (χ0v) is 32.0. The van der Waals surface area contributed by atoms with Gasteiger partial charge in [0.15, 0.2) is 0 Å². The van der Waals surface area contributed by atoms with Crippen molar-refractivity contribution in [1.82, 2.24) is 0 Å². The van der Waals surface area contributed by atoms with Gasteiger partial charge in [-0.1, -0.05) is 158 Å². The van der Waals surface area contributed by atoms with Gasteiger partial charge in [0.1, 0.15) is 0 Å². The summed E-state index contributed by atoms with van der Waals surface area (Å²) in [7, 11) is 0. The van der Waals surface area contributed by atoms with Gasteiger partial charge < -0.3 is 0 Å². The van der Waals surface area contributed by atoms with E-state index in [0.717, 1.165) is 0 Å². The van der Waals surface area contributed by atoms with E-state index in [1.807, 2.05) is 0 Å². The van der Waals surface area contributed by atoms with Crippen molar-refractivity contribution in [3.63, 3.8) is 0 Å². The van der Waals surface area contributed by atoms with Gasteiger partial charge in [-0.05, 0) is 171 Å². The van der Waals surface area contributed by atoms with Crippen molar-refractivity contribution in [2.75, 3.05) is 0 Å². The van der Waals surface area contributed by atoms with Crippen LogP contribution in [0.25, 0.3) is 121 Å². The summed E-state index contributed by atoms with van der Waals surface area (Å²) in [5, 5.41) is 10.6. The predicted molar refractivity (Wildman–Crippen MR) is 241 cm³/mol. The first-order valence-electron chi connectivity index (χ1n) is 19.9. The molecule has 0 radical (unpaired) electrons. The van der Waals surface area contributed by atoms with Crippen LogP contribution in [-0.4, -0.2) is 0 Å². The molecule has 0 aromatic heterocycles. The summed E-state index contributed by atoms with van der Waals surface area (Å²) < 4.78 is 0. The molecular formula is C56H38. The van der Waals surface area contributed by atoms with Gasteiger partial charge in [-0.25, -0.2) is 0 Å². The van der Waals surface area contributed by atoms with Crippen LogP contribution < -0.4 is 0 Å². The van der Waals surface area contributed by atoms with Gasteiger partial charge in [-0.2, -0.15) is 0 Å². The Balaban J connectivity index is 1.26. The molecule has 56 heavy (non-hydrogen) atoms. The summed E-state index contributed by atoms with van der Waals surface area (Å²) in [6.07, 6.45) is 0. The average molecular weight is 711 g/mol. The van der Waals surface area contributed by atoms with Crippen LogP contribution in [-0.2, 0) is 0 Å². The first-order chi connectivity index (χ1) is 27.5. The molecule has 0 heterocycles. The Morgan fingerprint density at radius 2 is 0.589 bits per heavy atom. The highest BCUT2D eigenvalue weighted by Crippen LogP contribution is 2.61. The van der Waals surface area contributed by atoms with Crippen molar-refractivity contribution in [1.29, 1.82) is 0 Å². The molecule has 2 aliphatic carbocycles. The van der Waals surface area contributed by atoms with Crippen LogP contribution in [0.5, 0.6) is 0 Å². The molecule has 2 aliphatic rings. The number of aryl methyl sites for hydroxylation is 4. The molecule has 262 valence electrons. The van der Waals surface area contributed by atoms with Crippen molar-refractivity contribution < 1.29 is 0 Å². The molecule has 0 fully saturated rings. The summed E-state index contributed by atoms with van der Waals surface area (Å²) >= 11 is 0. The van der Waals surface area contributed by atoms with Gasteiger partial charge in [0.25, 0.3) is 0 Å². The third kappa shape index (κ3) is 3.98. The summed E-state index contributed by atoms with van der Waals surface area (Å²) in [6, 6.07) is 59.7. The van der Waals surface area contributed by atoms with Gasteiger partial charge in [0, 0.05) is 0 Å². The van der Waals surface area contributed by atoms with E-state index < -0.39 is 0 Å². The molecule has 0 amide bonds. The molecule has 10 aromatic rings. The molecule has 0 N–H and O–H groups in total. The number of rotatable bonds is 3. The van der Waals surface area contributed by atoms with Crippen molar-refractivity contribution >= 4 is 43.1 Å². The fourth-order valence-electron chi connectivity index (χ4n) is 10.9. The Labute approximate surface area is 327 Å². The molecule has 0 spiro atoms. The smallest absolute Gasteiger partial charge is 0.000720 e. The molecule has 0 heteroatoms. The summed E-state index contributed by atoms with van der Waals surface area (Å²) in [5.41, 5.74) is 24.0. The molecule has 0 bridgehead atoms. The van der Waals surface area contributed by atoms with E-state index in [-0.39, 0.29) is 0 Å². The van der Waals surface area contributed by atoms with Gasteiger partial charge in [0.05, 0.1) is 0 Å². The second-order valence-corrected chi connectivity index (χ2v) is 16.0. The normalized spacial score (nSPS) is 12.3. The Kier molecular flexibility index (Phi) is 6.42. The van der Waals surface area contributed by atoms with E-state index in [9.17, 15) is 0 Å². The lowest BCUT2D eigenvalue weighted by Gasteiger charge is -2.24. The minimum Gasteiger partial charge on any atom is -0.0617 e. The molecule has 0 aliphatic heterocycles. The van der Waals surface area contributed by atoms with E-state index in [0.29, 0.717) is 0 Å². The summed E-state index contributed by atoms with van der Waals surface area (Å²) in [4.78, 5) is 0. The number of hydrogen-bond donors (Lipinski definition) is 0. The lowest BCUT2D eigenvalue weighted by molar-refractivity contribution is 1.38. The first kappa shape index (κ1) is 31.6. The van der Waals surface area contributed by atoms with E-state index in [1.165, 1.54) is 143 Å². The van der Waals surface area contributed by atoms with Crippen LogP contribution >= 0.6 is 0 Å². The SMILES string of the molecule is Cc1cccc(C)c1-c1c2c(c(-c3c(C)cccc3C)c3ccccc13)-c1ccc(-c3c4ccccc4c4c5c(cccc35)-c3ccccc3-4)c3cccc-2c13. The standard InChI is InChI=1S/C56H38/c1-31-15-11-16-32(2)47(31)53-41-23-9-10-24-42(41)54(48-33(3)17-12-18-34(48)4)56-46-30-29-43(39-26-14-28-45(50(39)46)55(53)56)49-38-21-7-8-22-40(38)51-36-20-6-5-19-35(36)37-25-13-27-44(49)52(37)51/h5-30H,1-4H3. The Morgan fingerprint density at radius 3 is 1.18 bits per heavy atom. The third-order valence-electron chi connectivity index (χ3n) is 13.1. The molecular weight excluding hydrogens is 673 g/mol. The minimum absolute atomic E-state index is 1.29. The van der Waals surface area contributed by atoms with Crippen LogP contribution in [0.2, 0.25) is 0 Å². The summed E-state index contributed by atoms with van der Waals surface area (Å²) in [6.45, 7) is 9.12. The van der Waals surface area contributed by atoms with Gasteiger partial charge in [-0.15, -0.1) is 0 Å². The molecule has 0 atom stereocenters. The topological polar surface area (TPSA) is 0 Å². The zero-order chi connectivity index (χ0) is 37.4. The van der Waals surface area contributed by atoms with Gasteiger partial charge in [0.2, 0.25) is 0 Å². The van der Waals surface area contributed by atoms with Crippen molar-refractivity contribution in [2.45, 2.75) is 27.7 Å². The van der Waals surface area contributed by atoms with Crippen LogP contribution in [0.4, 0.5) is 0 Å². The second kappa shape index (κ2) is 11.4. The lowest BCUT2D eigenvalue weighted by Crippen LogP contribution is -1.98. The maximum absolute atomic E-state index is 2.46. The molecule has 0 nitrogen and oxygen atoms in total. The fraction of sp³-hybridized carbons (Fsp3) is 0.0714. The summed E-state index contributed by atoms with van der Waals surface area (Å²) in [5.74, 6) is 0. The van der Waals surface area contributed by atoms with Crippen LogP contribution in [0.3, 0.4) is 0 Å². The van der Waals surface area contributed by atoms with Gasteiger partial charge >= 0.3 is 0 Å². The van der Waals surface area contributed by atoms with E-state index >= 15 is 0 Å². The number of benzene rings is 10. The van der Waals surface area contributed by atoms with Crippen molar-refractivity contribution in [3.8, 4) is 77.9 Å². The van der Waals surface area contributed by atoms with Crippen molar-refractivity contribution in [3.05, 3.63) is 180 Å². The fourth-order valence-corrected chi connectivity index (χ4v) is 10.9. The Morgan fingerprint density at radius 1 is 0.196 bits per heavy atom. The number of fused-ring (bicyclic) bond motifs is 9. The maximum atomic E-state index is 2.46. The van der Waals surface area contributed by atoms with Crippen molar-refractivity contribution in [2.24, 2.45) is 0 Å². The highest BCUT2D eigenvalue weighted by Gasteiger charge is 2.34. The highest BCUT2D eigenvalue weighted by molar-refractivity contribution is 6.33. The third-order valence-corrected chi connectivity index (χ3v) is 13.1. The molecule has 0 saturated heterocycles. The van der Waals surface area contributed by atoms with E-state index in [4.69, 9.17) is 0 Å². The molecule has 0 saturated carbocycles. The van der Waals surface area contributed by atoms with Crippen LogP contribution in [0.15, 0.2) is 158 Å². The quantitative estimate of drug-likeness (QED) is 0.160. The maximum Gasteiger partial charge on any atom is -0.000720 e. The largest absolute Gasteiger partial charge is 0.0617 e. The van der Waals surface area contributed by atoms with Gasteiger partial charge in [-0.3, -0.25) is 0 Å². The number of hydrogen-bond acceptors (Lipinski definition) is 0. The van der Waals surface area contributed by atoms with Crippen LogP contribution in [0.1, 0.15) is 22.3 Å². The Hall–Kier alpha value is -6.76. The molecule has 12 rings (SSSR count). The predicted octanol–water partition coefficient (Wildman–Crippen LogP) is 15.8. The lowest BCUT2D eigenvalue weighted by atomic mass is 9.79. The van der Waals surface area contributed by atoms with E-state index in [1.54, 1.807) is 0 Å². The minimum atomic E-state index is 1.29. The average Bonchev–Trinajstić information content (AvgIpc) is 3.74. The van der Waals surface area contributed by atoms with E-state index in [2.05, 4.69) is 185 Å². The van der Waals surface area contributed by atoms with Crippen LogP contribution in [0, 0.1) is 27.7 Å². The highest BCUT2D eigenvalue weighted by atomic mass is 14.4. The first-order valence-corrected chi connectivity index (χ1v) is 19.9. The monoisotopic (exact) mass is 710 g/mol.